The molecule has 0 spiro atoms. The fourth-order valence-electron chi connectivity index (χ4n) is 2.08. The second-order valence-corrected chi connectivity index (χ2v) is 5.83. The van der Waals surface area contributed by atoms with Gasteiger partial charge in [-0.05, 0) is 48.0 Å². The molecule has 0 fully saturated rings. The lowest BCUT2D eigenvalue weighted by molar-refractivity contribution is 0.104. The predicted octanol–water partition coefficient (Wildman–Crippen LogP) is 3.76. The second kappa shape index (κ2) is 5.54. The van der Waals surface area contributed by atoms with Crippen LogP contribution < -0.4 is 0 Å². The Balaban J connectivity index is 1.93. The van der Waals surface area contributed by atoms with Gasteiger partial charge in [0, 0.05) is 10.4 Å². The molecule has 0 bridgehead atoms. The third kappa shape index (κ3) is 2.66. The molecule has 2 aromatic carbocycles. The first-order valence-corrected chi connectivity index (χ1v) is 7.32. The van der Waals surface area contributed by atoms with E-state index in [1.165, 1.54) is 35.6 Å². The van der Waals surface area contributed by atoms with Gasteiger partial charge in [-0.3, -0.25) is 4.79 Å². The molecule has 3 N–H and O–H groups in total. The van der Waals surface area contributed by atoms with Crippen LogP contribution in [0.4, 0.5) is 0 Å². The van der Waals surface area contributed by atoms with Crippen LogP contribution in [0.5, 0.6) is 17.2 Å². The number of phenolic OH excluding ortho intramolecular Hbond substituents is 3. The summed E-state index contributed by atoms with van der Waals surface area (Å²) in [6, 6.07) is 14.2. The van der Waals surface area contributed by atoms with Gasteiger partial charge >= 0.3 is 0 Å². The van der Waals surface area contributed by atoms with E-state index < -0.39 is 0 Å². The average Bonchev–Trinajstić information content (AvgIpc) is 2.99. The maximum Gasteiger partial charge on any atom is 0.203 e. The van der Waals surface area contributed by atoms with Crippen molar-refractivity contribution in [2.45, 2.75) is 0 Å². The van der Waals surface area contributed by atoms with Gasteiger partial charge in [-0.1, -0.05) is 12.1 Å². The smallest absolute Gasteiger partial charge is 0.203 e. The fraction of sp³-hybridized carbons (Fsp3) is 0. The molecule has 0 unspecified atom stereocenters. The lowest BCUT2D eigenvalue weighted by atomic mass is 10.1. The van der Waals surface area contributed by atoms with E-state index in [1.807, 2.05) is 0 Å². The Labute approximate surface area is 130 Å². The van der Waals surface area contributed by atoms with Crippen molar-refractivity contribution in [3.8, 4) is 27.7 Å². The first-order chi connectivity index (χ1) is 10.5. The van der Waals surface area contributed by atoms with Crippen molar-refractivity contribution >= 4 is 17.1 Å². The summed E-state index contributed by atoms with van der Waals surface area (Å²) in [6.07, 6.45) is 0. The molecule has 110 valence electrons. The van der Waals surface area contributed by atoms with Crippen LogP contribution in [-0.2, 0) is 0 Å². The molecule has 3 rings (SSSR count). The highest BCUT2D eigenvalue weighted by Crippen LogP contribution is 2.34. The van der Waals surface area contributed by atoms with Gasteiger partial charge in [-0.2, -0.15) is 0 Å². The van der Waals surface area contributed by atoms with Gasteiger partial charge in [0.25, 0.3) is 0 Å². The SMILES string of the molecule is O=C(c1cccc(O)c1)c1ccc(-c2ccc(O)c(O)c2)s1. The highest BCUT2D eigenvalue weighted by atomic mass is 32.1. The Hall–Kier alpha value is -2.79. The minimum absolute atomic E-state index is 0.0473. The molecule has 0 atom stereocenters. The minimum atomic E-state index is -0.202. The molecule has 0 radical (unpaired) electrons. The Morgan fingerprint density at radius 1 is 0.864 bits per heavy atom. The van der Waals surface area contributed by atoms with Crippen molar-refractivity contribution in [3.05, 3.63) is 65.0 Å². The van der Waals surface area contributed by atoms with Crippen LogP contribution in [-0.4, -0.2) is 21.1 Å². The molecule has 0 aliphatic heterocycles. The van der Waals surface area contributed by atoms with E-state index >= 15 is 0 Å². The van der Waals surface area contributed by atoms with Crippen LogP contribution in [0.25, 0.3) is 10.4 Å². The molecule has 4 nitrogen and oxygen atoms in total. The summed E-state index contributed by atoms with van der Waals surface area (Å²) >= 11 is 1.29. The number of thiophene rings is 1. The molecule has 0 saturated carbocycles. The summed E-state index contributed by atoms with van der Waals surface area (Å²) in [5, 5.41) is 28.3. The normalized spacial score (nSPS) is 10.5. The highest BCUT2D eigenvalue weighted by molar-refractivity contribution is 7.17. The van der Waals surface area contributed by atoms with E-state index in [9.17, 15) is 20.1 Å². The maximum absolute atomic E-state index is 12.4. The number of hydrogen-bond donors (Lipinski definition) is 3. The number of phenols is 3. The molecule has 1 heterocycles. The van der Waals surface area contributed by atoms with Gasteiger partial charge in [0.2, 0.25) is 5.78 Å². The summed E-state index contributed by atoms with van der Waals surface area (Å²) in [5.41, 5.74) is 1.14. The van der Waals surface area contributed by atoms with Gasteiger partial charge in [-0.15, -0.1) is 11.3 Å². The summed E-state index contributed by atoms with van der Waals surface area (Å²) < 4.78 is 0. The Bertz CT molecular complexity index is 851. The van der Waals surface area contributed by atoms with Crippen molar-refractivity contribution in [1.82, 2.24) is 0 Å². The first kappa shape index (κ1) is 14.2. The summed E-state index contributed by atoms with van der Waals surface area (Å²) in [7, 11) is 0. The van der Waals surface area contributed by atoms with E-state index in [0.29, 0.717) is 10.4 Å². The molecular formula is C17H12O4S. The van der Waals surface area contributed by atoms with Crippen molar-refractivity contribution < 1.29 is 20.1 Å². The van der Waals surface area contributed by atoms with E-state index in [4.69, 9.17) is 0 Å². The number of ketones is 1. The fourth-order valence-corrected chi connectivity index (χ4v) is 3.05. The summed E-state index contributed by atoms with van der Waals surface area (Å²) in [6.45, 7) is 0. The lowest BCUT2D eigenvalue weighted by Crippen LogP contribution is -1.97. The highest BCUT2D eigenvalue weighted by Gasteiger charge is 2.13. The predicted molar refractivity (Wildman–Crippen MR) is 84.6 cm³/mol. The van der Waals surface area contributed by atoms with E-state index in [0.717, 1.165) is 10.4 Å². The van der Waals surface area contributed by atoms with E-state index in [2.05, 4.69) is 0 Å². The van der Waals surface area contributed by atoms with Gasteiger partial charge in [-0.25, -0.2) is 0 Å². The molecule has 3 aromatic rings. The quantitative estimate of drug-likeness (QED) is 0.508. The minimum Gasteiger partial charge on any atom is -0.508 e. The summed E-state index contributed by atoms with van der Waals surface area (Å²) in [4.78, 5) is 13.7. The molecule has 22 heavy (non-hydrogen) atoms. The van der Waals surface area contributed by atoms with Crippen LogP contribution in [0.1, 0.15) is 15.2 Å². The number of aromatic hydroxyl groups is 3. The number of carbonyl (C=O) groups is 1. The van der Waals surface area contributed by atoms with Crippen molar-refractivity contribution in [3.63, 3.8) is 0 Å². The van der Waals surface area contributed by atoms with Gasteiger partial charge in [0.15, 0.2) is 11.5 Å². The molecule has 0 saturated heterocycles. The number of hydrogen-bond acceptors (Lipinski definition) is 5. The van der Waals surface area contributed by atoms with Crippen LogP contribution >= 0.6 is 11.3 Å². The molecule has 5 heteroatoms. The van der Waals surface area contributed by atoms with Crippen LogP contribution in [0, 0.1) is 0 Å². The monoisotopic (exact) mass is 312 g/mol. The van der Waals surface area contributed by atoms with Crippen LogP contribution in [0.15, 0.2) is 54.6 Å². The third-order valence-corrected chi connectivity index (χ3v) is 4.33. The standard InChI is InChI=1S/C17H12O4S/c18-12-3-1-2-11(8-12)17(21)16-7-6-15(22-16)10-4-5-13(19)14(20)9-10/h1-9,18-20H. The van der Waals surface area contributed by atoms with Crippen molar-refractivity contribution in [2.24, 2.45) is 0 Å². The van der Waals surface area contributed by atoms with Gasteiger partial charge < -0.3 is 15.3 Å². The first-order valence-electron chi connectivity index (χ1n) is 6.50. The molecule has 0 aliphatic carbocycles. The van der Waals surface area contributed by atoms with E-state index in [1.54, 1.807) is 30.3 Å². The lowest BCUT2D eigenvalue weighted by Gasteiger charge is -2.01. The van der Waals surface area contributed by atoms with Gasteiger partial charge in [0.05, 0.1) is 4.88 Å². The van der Waals surface area contributed by atoms with Crippen LogP contribution in [0.2, 0.25) is 0 Å². The maximum atomic E-state index is 12.4. The second-order valence-electron chi connectivity index (χ2n) is 4.75. The molecule has 1 aromatic heterocycles. The van der Waals surface area contributed by atoms with Crippen LogP contribution in [0.3, 0.4) is 0 Å². The Kier molecular flexibility index (Phi) is 3.56. The Morgan fingerprint density at radius 2 is 1.68 bits per heavy atom. The van der Waals surface area contributed by atoms with E-state index in [-0.39, 0.29) is 23.0 Å². The number of rotatable bonds is 3. The van der Waals surface area contributed by atoms with Crippen molar-refractivity contribution in [2.75, 3.05) is 0 Å². The van der Waals surface area contributed by atoms with Gasteiger partial charge in [0.1, 0.15) is 5.75 Å². The summed E-state index contributed by atoms with van der Waals surface area (Å²) in [5.74, 6) is -0.510. The zero-order valence-corrected chi connectivity index (χ0v) is 12.2. The molecular weight excluding hydrogens is 300 g/mol. The topological polar surface area (TPSA) is 77.8 Å². The largest absolute Gasteiger partial charge is 0.508 e. The molecule has 0 amide bonds. The third-order valence-electron chi connectivity index (χ3n) is 3.20. The number of benzene rings is 2. The van der Waals surface area contributed by atoms with Crippen molar-refractivity contribution in [1.29, 1.82) is 0 Å². The number of carbonyl (C=O) groups excluding carboxylic acids is 1. The molecule has 0 aliphatic rings. The zero-order valence-electron chi connectivity index (χ0n) is 11.4. The Morgan fingerprint density at radius 3 is 2.41 bits per heavy atom. The zero-order chi connectivity index (χ0) is 15.7. The average molecular weight is 312 g/mol.